The molecule has 0 amide bonds. The van der Waals surface area contributed by atoms with E-state index < -0.39 is 11.1 Å². The van der Waals surface area contributed by atoms with Gasteiger partial charge in [0.2, 0.25) is 5.16 Å². The molecule has 0 aliphatic carbocycles. The first-order chi connectivity index (χ1) is 5.11. The number of aryl methyl sites for hydroxylation is 1. The van der Waals surface area contributed by atoms with E-state index in [1.54, 1.807) is 6.92 Å². The number of rotatable bonds is 1. The van der Waals surface area contributed by atoms with Gasteiger partial charge in [0.05, 0.1) is 16.9 Å². The van der Waals surface area contributed by atoms with Crippen molar-refractivity contribution in [3.63, 3.8) is 0 Å². The molecular weight excluding hydrogens is 188 g/mol. The molecule has 11 heavy (non-hydrogen) atoms. The minimum Gasteiger partial charge on any atom is -0.766 e. The number of hydrogen-bond acceptors (Lipinski definition) is 4. The fraction of sp³-hybridized carbons (Fsp3) is 0.200. The van der Waals surface area contributed by atoms with Crippen molar-refractivity contribution in [1.29, 1.82) is 0 Å². The van der Waals surface area contributed by atoms with Gasteiger partial charge in [-0.2, -0.15) is 0 Å². The van der Waals surface area contributed by atoms with Gasteiger partial charge in [-0.15, -0.1) is 0 Å². The van der Waals surface area contributed by atoms with Crippen LogP contribution >= 0.6 is 11.6 Å². The summed E-state index contributed by atoms with van der Waals surface area (Å²) in [6.45, 7) is 1.61. The molecule has 0 N–H and O–H groups in total. The lowest BCUT2D eigenvalue weighted by molar-refractivity contribution is 0.528. The van der Waals surface area contributed by atoms with Gasteiger partial charge in [0.15, 0.2) is 0 Å². The Hall–Kier alpha value is -0.520. The zero-order valence-corrected chi connectivity index (χ0v) is 7.15. The van der Waals surface area contributed by atoms with Crippen LogP contribution in [0.1, 0.15) is 5.69 Å². The van der Waals surface area contributed by atoms with Crippen LogP contribution in [-0.4, -0.2) is 18.7 Å². The maximum absolute atomic E-state index is 10.3. The van der Waals surface area contributed by atoms with Gasteiger partial charge in [0, 0.05) is 11.1 Å². The Morgan fingerprint density at radius 2 is 2.36 bits per heavy atom. The number of aromatic nitrogens is 2. The van der Waals surface area contributed by atoms with Crippen molar-refractivity contribution in [2.45, 2.75) is 12.1 Å². The average molecular weight is 192 g/mol. The topological polar surface area (TPSA) is 65.9 Å². The molecule has 0 aliphatic heterocycles. The van der Waals surface area contributed by atoms with Gasteiger partial charge >= 0.3 is 0 Å². The summed E-state index contributed by atoms with van der Waals surface area (Å²) in [6.07, 6.45) is 1.26. The van der Waals surface area contributed by atoms with Crippen LogP contribution in [0.25, 0.3) is 0 Å². The van der Waals surface area contributed by atoms with Gasteiger partial charge in [0.25, 0.3) is 0 Å². The van der Waals surface area contributed by atoms with Crippen molar-refractivity contribution >= 4 is 22.7 Å². The van der Waals surface area contributed by atoms with Crippen LogP contribution in [-0.2, 0) is 11.1 Å². The molecule has 1 atom stereocenters. The molecule has 0 saturated carbocycles. The van der Waals surface area contributed by atoms with E-state index >= 15 is 0 Å². The van der Waals surface area contributed by atoms with Gasteiger partial charge in [-0.1, -0.05) is 11.6 Å². The monoisotopic (exact) mass is 191 g/mol. The van der Waals surface area contributed by atoms with E-state index in [0.29, 0.717) is 10.7 Å². The normalized spacial score (nSPS) is 13.0. The van der Waals surface area contributed by atoms with Crippen LogP contribution in [0.3, 0.4) is 0 Å². The van der Waals surface area contributed by atoms with Crippen molar-refractivity contribution < 1.29 is 8.76 Å². The molecule has 0 spiro atoms. The van der Waals surface area contributed by atoms with Gasteiger partial charge in [0.1, 0.15) is 0 Å². The Morgan fingerprint density at radius 1 is 1.73 bits per heavy atom. The smallest absolute Gasteiger partial charge is 0.205 e. The van der Waals surface area contributed by atoms with E-state index in [1.807, 2.05) is 0 Å². The predicted octanol–water partition coefficient (Wildman–Crippen LogP) is 0.676. The highest BCUT2D eigenvalue weighted by molar-refractivity contribution is 7.78. The molecule has 0 fully saturated rings. The first-order valence-electron chi connectivity index (χ1n) is 2.69. The van der Waals surface area contributed by atoms with Crippen LogP contribution in [0.4, 0.5) is 0 Å². The molecule has 1 aromatic heterocycles. The van der Waals surface area contributed by atoms with Crippen molar-refractivity contribution in [3.05, 3.63) is 16.9 Å². The second-order valence-corrected chi connectivity index (χ2v) is 3.06. The summed E-state index contributed by atoms with van der Waals surface area (Å²) < 4.78 is 20.6. The minimum absolute atomic E-state index is 0.230. The fourth-order valence-electron chi connectivity index (χ4n) is 0.511. The van der Waals surface area contributed by atoms with Crippen LogP contribution < -0.4 is 0 Å². The molecule has 1 heterocycles. The average Bonchev–Trinajstić information content (AvgIpc) is 1.94. The summed E-state index contributed by atoms with van der Waals surface area (Å²) in [4.78, 5) is 7.10. The third-order valence-corrected chi connectivity index (χ3v) is 1.91. The van der Waals surface area contributed by atoms with E-state index in [2.05, 4.69) is 9.97 Å². The zero-order chi connectivity index (χ0) is 8.43. The van der Waals surface area contributed by atoms with Crippen molar-refractivity contribution in [2.75, 3.05) is 0 Å². The first-order valence-corrected chi connectivity index (χ1v) is 4.15. The minimum atomic E-state index is -2.38. The van der Waals surface area contributed by atoms with Crippen LogP contribution in [0.15, 0.2) is 11.4 Å². The van der Waals surface area contributed by atoms with Gasteiger partial charge < -0.3 is 4.55 Å². The maximum atomic E-state index is 10.3. The lowest BCUT2D eigenvalue weighted by Crippen LogP contribution is -1.98. The standard InChI is InChI=1S/C5H5ClN2O2S/c1-3-4(6)2-7-5(8-3)11(9)10/h2H,1H3,(H,9,10)/p-1. The molecule has 1 aromatic rings. The van der Waals surface area contributed by atoms with E-state index in [-0.39, 0.29) is 5.16 Å². The highest BCUT2D eigenvalue weighted by Crippen LogP contribution is 2.10. The molecule has 6 heteroatoms. The largest absolute Gasteiger partial charge is 0.766 e. The van der Waals surface area contributed by atoms with E-state index in [0.717, 1.165) is 0 Å². The second kappa shape index (κ2) is 3.25. The second-order valence-electron chi connectivity index (χ2n) is 1.82. The summed E-state index contributed by atoms with van der Waals surface area (Å²) in [6, 6.07) is 0. The lowest BCUT2D eigenvalue weighted by atomic mass is 10.5. The SMILES string of the molecule is Cc1nc(S(=O)[O-])ncc1Cl. The molecule has 0 saturated heterocycles. The third kappa shape index (κ3) is 1.95. The molecule has 60 valence electrons. The predicted molar refractivity (Wildman–Crippen MR) is 39.0 cm³/mol. The van der Waals surface area contributed by atoms with Crippen LogP contribution in [0.2, 0.25) is 5.02 Å². The number of halogens is 1. The van der Waals surface area contributed by atoms with Crippen molar-refractivity contribution in [1.82, 2.24) is 9.97 Å². The highest BCUT2D eigenvalue weighted by atomic mass is 35.5. The molecule has 1 rings (SSSR count). The summed E-state index contributed by atoms with van der Waals surface area (Å²) in [7, 11) is 0. The maximum Gasteiger partial charge on any atom is 0.205 e. The van der Waals surface area contributed by atoms with Crippen molar-refractivity contribution in [2.24, 2.45) is 0 Å². The van der Waals surface area contributed by atoms with E-state index in [1.165, 1.54) is 6.20 Å². The third-order valence-electron chi connectivity index (χ3n) is 1.05. The Balaban J connectivity index is 3.15. The first kappa shape index (κ1) is 8.58. The Bertz CT molecular complexity index is 305. The molecule has 0 aromatic carbocycles. The lowest BCUT2D eigenvalue weighted by Gasteiger charge is -2.03. The number of nitrogens with zero attached hydrogens (tertiary/aromatic N) is 2. The summed E-state index contributed by atoms with van der Waals surface area (Å²) in [5.74, 6) is 0. The fourth-order valence-corrected chi connectivity index (χ4v) is 0.953. The summed E-state index contributed by atoms with van der Waals surface area (Å²) in [5.41, 5.74) is 0.459. The van der Waals surface area contributed by atoms with Gasteiger partial charge in [-0.05, 0) is 6.92 Å². The molecule has 4 nitrogen and oxygen atoms in total. The number of hydrogen-bond donors (Lipinski definition) is 0. The summed E-state index contributed by atoms with van der Waals surface area (Å²) in [5, 5.41) is 0.131. The zero-order valence-electron chi connectivity index (χ0n) is 5.57. The van der Waals surface area contributed by atoms with Crippen molar-refractivity contribution in [3.8, 4) is 0 Å². The van der Waals surface area contributed by atoms with E-state index in [9.17, 15) is 8.76 Å². The Kier molecular flexibility index (Phi) is 2.53. The van der Waals surface area contributed by atoms with E-state index in [4.69, 9.17) is 11.6 Å². The Labute approximate surface area is 70.9 Å². The van der Waals surface area contributed by atoms with Crippen LogP contribution in [0.5, 0.6) is 0 Å². The Morgan fingerprint density at radius 3 is 2.82 bits per heavy atom. The van der Waals surface area contributed by atoms with Gasteiger partial charge in [-0.25, -0.2) is 9.97 Å². The quantitative estimate of drug-likeness (QED) is 0.484. The summed E-state index contributed by atoms with van der Waals surface area (Å²) >= 11 is 3.18. The molecule has 0 aliphatic rings. The molecular formula is C5H4ClN2O2S-. The molecule has 1 unspecified atom stereocenters. The highest BCUT2D eigenvalue weighted by Gasteiger charge is 1.99. The molecule has 0 radical (unpaired) electrons. The van der Waals surface area contributed by atoms with Gasteiger partial charge in [-0.3, -0.25) is 4.21 Å². The molecule has 0 bridgehead atoms. The van der Waals surface area contributed by atoms with Crippen LogP contribution in [0, 0.1) is 6.92 Å².